The van der Waals surface area contributed by atoms with Crippen LogP contribution in [-0.2, 0) is 0 Å². The molecule has 0 aromatic heterocycles. The minimum Gasteiger partial charge on any atom is 0 e. The van der Waals surface area contributed by atoms with Gasteiger partial charge in [-0.3, -0.25) is 0 Å². The van der Waals surface area contributed by atoms with Gasteiger partial charge < -0.3 is 0 Å². The van der Waals surface area contributed by atoms with E-state index >= 15 is 0 Å². The van der Waals surface area contributed by atoms with Crippen LogP contribution in [0.25, 0.3) is 0 Å². The molecule has 0 unspecified atom stereocenters. The van der Waals surface area contributed by atoms with Crippen LogP contribution < -0.4 is 0 Å². The van der Waals surface area contributed by atoms with Crippen LogP contribution in [0.5, 0.6) is 0 Å². The maximum atomic E-state index is 2.50. The Bertz CT molecular complexity index is 72.0. The lowest BCUT2D eigenvalue weighted by Gasteiger charge is -1.39. The Labute approximate surface area is 37.4 Å². The van der Waals surface area contributed by atoms with E-state index in [1.165, 1.54) is 0 Å². The zero-order valence-corrected chi connectivity index (χ0v) is 3.00. The largest absolute Gasteiger partial charge is 0 e. The monoisotopic (exact) mass is 72.0 g/mol. The number of rotatable bonds is 0. The molecule has 1 aromatic carbocycles. The van der Waals surface area contributed by atoms with Crippen LogP contribution in [0, 0.1) is 36.4 Å². The summed E-state index contributed by atoms with van der Waals surface area (Å²) in [7, 11) is 0. The molecular weight excluding hydrogens is 72.1 g/mol. The Balaban J connectivity index is 3.00. The lowest BCUT2D eigenvalue weighted by atomic mass is 10.6. The van der Waals surface area contributed by atoms with Crippen molar-refractivity contribution in [2.75, 3.05) is 0 Å². The molecule has 0 nitrogen and oxygen atoms in total. The first-order chi connectivity index (χ1) is 3.00. The fraction of sp³-hybridized carbons (Fsp3) is 0. The van der Waals surface area contributed by atoms with E-state index in [1.54, 1.807) is 0 Å². The van der Waals surface area contributed by atoms with Crippen LogP contribution in [0.15, 0.2) is 0 Å². The van der Waals surface area contributed by atoms with Crippen molar-refractivity contribution in [1.82, 2.24) is 0 Å². The molecule has 6 heavy (non-hydrogen) atoms. The predicted molar refractivity (Wildman–Crippen MR) is 19.5 cm³/mol. The highest BCUT2D eigenvalue weighted by atomic mass is 13.4. The molecule has 0 fully saturated rings. The molecule has 0 atom stereocenters. The summed E-state index contributed by atoms with van der Waals surface area (Å²) < 4.78 is 0. The van der Waals surface area contributed by atoms with Crippen molar-refractivity contribution < 1.29 is 0 Å². The molecule has 0 saturated heterocycles. The van der Waals surface area contributed by atoms with E-state index in [0.717, 1.165) is 0 Å². The lowest BCUT2D eigenvalue weighted by molar-refractivity contribution is 1.85. The minimum absolute atomic E-state index is 2.50. The van der Waals surface area contributed by atoms with Crippen molar-refractivity contribution in [2.24, 2.45) is 0 Å². The van der Waals surface area contributed by atoms with Gasteiger partial charge in [-0.1, -0.05) is 0 Å². The Kier molecular flexibility index (Phi) is 0.582. The maximum absolute atomic E-state index is 2.50. The molecule has 1 aromatic rings. The molecule has 0 aliphatic heterocycles. The maximum Gasteiger partial charge on any atom is 0 e. The molecule has 0 aliphatic carbocycles. The summed E-state index contributed by atoms with van der Waals surface area (Å²) in [4.78, 5) is 0. The van der Waals surface area contributed by atoms with Gasteiger partial charge in [0, 0.05) is 36.4 Å². The molecule has 0 saturated carbocycles. The third-order valence-electron chi connectivity index (χ3n) is 0.375. The Morgan fingerprint density at radius 2 is 0.500 bits per heavy atom. The average molecular weight is 72.1 g/mol. The van der Waals surface area contributed by atoms with Crippen LogP contribution in [-0.4, -0.2) is 0 Å². The molecule has 0 heteroatoms. The summed E-state index contributed by atoms with van der Waals surface area (Å²) in [5, 5.41) is 0. The Morgan fingerprint density at radius 1 is 0.333 bits per heavy atom. The zero-order valence-electron chi connectivity index (χ0n) is 3.00. The van der Waals surface area contributed by atoms with Crippen molar-refractivity contribution in [2.45, 2.75) is 0 Å². The van der Waals surface area contributed by atoms with Crippen LogP contribution in [0.4, 0.5) is 0 Å². The minimum atomic E-state index is 2.50. The SMILES string of the molecule is c1c#cc#cc#1. The number of hydrogen-bond acceptors (Lipinski definition) is 0. The summed E-state index contributed by atoms with van der Waals surface area (Å²) in [6.45, 7) is 0. The molecular formula is C6. The molecule has 0 spiro atoms. The highest BCUT2D eigenvalue weighted by Gasteiger charge is 1.40. The van der Waals surface area contributed by atoms with Gasteiger partial charge in [-0.25, -0.2) is 0 Å². The molecule has 0 bridgehead atoms. The van der Waals surface area contributed by atoms with Gasteiger partial charge in [0.1, 0.15) is 0 Å². The van der Waals surface area contributed by atoms with Crippen molar-refractivity contribution in [3.05, 3.63) is 36.4 Å². The summed E-state index contributed by atoms with van der Waals surface area (Å²) in [6.07, 6.45) is 0. The molecule has 0 N–H and O–H groups in total. The average Bonchev–Trinajstić information content (AvgIpc) is 1.72. The van der Waals surface area contributed by atoms with Crippen molar-refractivity contribution >= 4 is 0 Å². The van der Waals surface area contributed by atoms with Gasteiger partial charge in [0.15, 0.2) is 0 Å². The van der Waals surface area contributed by atoms with Gasteiger partial charge in [-0.05, 0) is 0 Å². The van der Waals surface area contributed by atoms with Crippen LogP contribution in [0.3, 0.4) is 0 Å². The molecule has 0 radical (unpaired) electrons. The second-order valence-corrected chi connectivity index (χ2v) is 0.750. The highest BCUT2D eigenvalue weighted by Crippen LogP contribution is 1.48. The van der Waals surface area contributed by atoms with E-state index in [1.807, 2.05) is 0 Å². The van der Waals surface area contributed by atoms with Crippen LogP contribution in [0.2, 0.25) is 0 Å². The summed E-state index contributed by atoms with van der Waals surface area (Å²) in [6, 6.07) is 15.0. The third-order valence-corrected chi connectivity index (χ3v) is 0.375. The predicted octanol–water partition coefficient (Wildman–Crippen LogP) is 0.488. The number of hydrogen-bond donors (Lipinski definition) is 0. The second-order valence-electron chi connectivity index (χ2n) is 0.750. The van der Waals surface area contributed by atoms with Crippen LogP contribution in [0.1, 0.15) is 0 Å². The first-order valence-corrected chi connectivity index (χ1v) is 1.50. The fourth-order valence-corrected chi connectivity index (χ4v) is 0.188. The fourth-order valence-electron chi connectivity index (χ4n) is 0.188. The quantitative estimate of drug-likeness (QED) is 0.418. The smallest absolute Gasteiger partial charge is 0 e. The van der Waals surface area contributed by atoms with E-state index in [4.69, 9.17) is 0 Å². The zero-order chi connectivity index (χ0) is 4.24. The standard InChI is InChI=1S/C6/c1-2-4-6-5-3-1. The third kappa shape index (κ3) is 0.345. The Hall–Kier alpha value is -1.32. The van der Waals surface area contributed by atoms with E-state index in [9.17, 15) is 0 Å². The van der Waals surface area contributed by atoms with Gasteiger partial charge in [0.25, 0.3) is 0 Å². The first kappa shape index (κ1) is 2.89. The van der Waals surface area contributed by atoms with Crippen LogP contribution >= 0.6 is 0 Å². The molecule has 0 aliphatic rings. The second kappa shape index (κ2) is 1.21. The topological polar surface area (TPSA) is 0 Å². The normalized spacial score (nSPS) is 4.00. The van der Waals surface area contributed by atoms with Crippen molar-refractivity contribution in [1.29, 1.82) is 0 Å². The Morgan fingerprint density at radius 3 is 0.667 bits per heavy atom. The molecule has 0 heterocycles. The highest BCUT2D eigenvalue weighted by molar-refractivity contribution is 4.64. The first-order valence-electron chi connectivity index (χ1n) is 1.50. The van der Waals surface area contributed by atoms with Gasteiger partial charge in [0.05, 0.1) is 0 Å². The summed E-state index contributed by atoms with van der Waals surface area (Å²) in [5.41, 5.74) is 0. The van der Waals surface area contributed by atoms with E-state index in [-0.39, 0.29) is 0 Å². The molecule has 24 valence electrons. The molecule has 0 amide bonds. The lowest BCUT2D eigenvalue weighted by Crippen LogP contribution is -1.31. The van der Waals surface area contributed by atoms with Gasteiger partial charge in [-0.15, -0.1) is 0 Å². The van der Waals surface area contributed by atoms with E-state index < -0.39 is 0 Å². The van der Waals surface area contributed by atoms with E-state index in [2.05, 4.69) is 36.4 Å². The van der Waals surface area contributed by atoms with Crippen molar-refractivity contribution in [3.63, 3.8) is 0 Å². The van der Waals surface area contributed by atoms with Gasteiger partial charge in [0.2, 0.25) is 0 Å². The van der Waals surface area contributed by atoms with Crippen molar-refractivity contribution in [3.8, 4) is 0 Å². The molecule has 1 rings (SSSR count). The summed E-state index contributed by atoms with van der Waals surface area (Å²) in [5.74, 6) is 0. The van der Waals surface area contributed by atoms with Gasteiger partial charge >= 0.3 is 0 Å². The van der Waals surface area contributed by atoms with E-state index in [0.29, 0.717) is 0 Å². The van der Waals surface area contributed by atoms with Gasteiger partial charge in [-0.2, -0.15) is 0 Å². The summed E-state index contributed by atoms with van der Waals surface area (Å²) >= 11 is 0.